The highest BCUT2D eigenvalue weighted by Crippen LogP contribution is 2.29. The monoisotopic (exact) mass is 421 g/mol. The predicted octanol–water partition coefficient (Wildman–Crippen LogP) is 4.35. The number of rotatable bonds is 5. The van der Waals surface area contributed by atoms with Crippen molar-refractivity contribution in [1.82, 2.24) is 9.97 Å². The van der Waals surface area contributed by atoms with Gasteiger partial charge in [-0.3, -0.25) is 4.98 Å². The van der Waals surface area contributed by atoms with Crippen molar-refractivity contribution < 1.29 is 9.53 Å². The van der Waals surface area contributed by atoms with Crippen LogP contribution in [-0.2, 0) is 4.74 Å². The second kappa shape index (κ2) is 9.60. The zero-order valence-corrected chi connectivity index (χ0v) is 17.5. The molecular formula is C22H23N5O2S. The van der Waals surface area contributed by atoms with Gasteiger partial charge < -0.3 is 20.3 Å². The second-order valence-electron chi connectivity index (χ2n) is 6.72. The van der Waals surface area contributed by atoms with Crippen LogP contribution in [0, 0.1) is 0 Å². The second-order valence-corrected chi connectivity index (χ2v) is 7.60. The Bertz CT molecular complexity index is 1020. The van der Waals surface area contributed by atoms with Crippen molar-refractivity contribution in [2.75, 3.05) is 48.1 Å². The lowest BCUT2D eigenvalue weighted by atomic mass is 10.1. The van der Waals surface area contributed by atoms with Crippen molar-refractivity contribution in [3.63, 3.8) is 0 Å². The van der Waals surface area contributed by atoms with E-state index in [1.165, 1.54) is 0 Å². The number of ether oxygens (including phenoxy) is 1. The number of carbonyl (C=O) groups is 1. The van der Waals surface area contributed by atoms with Gasteiger partial charge in [-0.15, -0.1) is 11.8 Å². The number of aromatic nitrogens is 2. The van der Waals surface area contributed by atoms with Gasteiger partial charge in [0.25, 0.3) is 0 Å². The molecular weight excluding hydrogens is 398 g/mol. The number of amides is 2. The Labute approximate surface area is 179 Å². The van der Waals surface area contributed by atoms with Gasteiger partial charge in [0.15, 0.2) is 5.82 Å². The van der Waals surface area contributed by atoms with Crippen LogP contribution in [0.2, 0.25) is 0 Å². The van der Waals surface area contributed by atoms with Crippen LogP contribution in [0.3, 0.4) is 0 Å². The van der Waals surface area contributed by atoms with E-state index in [-0.39, 0.29) is 6.03 Å². The topological polar surface area (TPSA) is 79.4 Å². The summed E-state index contributed by atoms with van der Waals surface area (Å²) in [7, 11) is 0. The lowest BCUT2D eigenvalue weighted by Gasteiger charge is -2.28. The molecule has 8 heteroatoms. The number of hydrogen-bond donors (Lipinski definition) is 2. The van der Waals surface area contributed by atoms with Gasteiger partial charge >= 0.3 is 6.03 Å². The molecule has 2 heterocycles. The fourth-order valence-electron chi connectivity index (χ4n) is 3.28. The molecule has 7 nitrogen and oxygen atoms in total. The Balaban J connectivity index is 1.51. The van der Waals surface area contributed by atoms with Crippen molar-refractivity contribution >= 4 is 35.0 Å². The molecule has 30 heavy (non-hydrogen) atoms. The number of urea groups is 1. The number of anilines is 3. The van der Waals surface area contributed by atoms with E-state index in [0.29, 0.717) is 18.9 Å². The molecule has 0 bridgehead atoms. The Kier molecular flexibility index (Phi) is 6.46. The molecule has 154 valence electrons. The van der Waals surface area contributed by atoms with Crippen molar-refractivity contribution in [2.45, 2.75) is 4.90 Å². The van der Waals surface area contributed by atoms with Crippen LogP contribution in [-0.4, -0.2) is 48.6 Å². The van der Waals surface area contributed by atoms with Crippen LogP contribution in [0.15, 0.2) is 65.8 Å². The Morgan fingerprint density at radius 2 is 1.70 bits per heavy atom. The third-order valence-corrected chi connectivity index (χ3v) is 5.44. The third-order valence-electron chi connectivity index (χ3n) is 4.71. The first-order chi connectivity index (χ1) is 14.7. The lowest BCUT2D eigenvalue weighted by molar-refractivity contribution is 0.122. The highest BCUT2D eigenvalue weighted by molar-refractivity contribution is 7.98. The average Bonchev–Trinajstić information content (AvgIpc) is 2.80. The Hall–Kier alpha value is -3.10. The van der Waals surface area contributed by atoms with Gasteiger partial charge in [0, 0.05) is 47.3 Å². The molecule has 1 saturated heterocycles. The minimum atomic E-state index is -0.294. The maximum atomic E-state index is 12.5. The summed E-state index contributed by atoms with van der Waals surface area (Å²) in [6.45, 7) is 2.91. The number of nitrogens with one attached hydrogen (secondary N) is 2. The van der Waals surface area contributed by atoms with Crippen molar-refractivity contribution in [2.24, 2.45) is 0 Å². The summed E-state index contributed by atoms with van der Waals surface area (Å²) in [4.78, 5) is 24.8. The molecule has 1 aromatic heterocycles. The van der Waals surface area contributed by atoms with E-state index in [1.807, 2.05) is 54.8 Å². The van der Waals surface area contributed by atoms with Gasteiger partial charge in [-0.05, 0) is 36.6 Å². The molecule has 1 aliphatic rings. The summed E-state index contributed by atoms with van der Waals surface area (Å²) in [5.74, 6) is 0.830. The molecule has 1 fully saturated rings. The molecule has 0 atom stereocenters. The zero-order valence-electron chi connectivity index (χ0n) is 16.7. The highest BCUT2D eigenvalue weighted by atomic mass is 32.2. The number of morpholine rings is 1. The molecule has 0 radical (unpaired) electrons. The quantitative estimate of drug-likeness (QED) is 0.597. The number of thioether (sulfide) groups is 1. The van der Waals surface area contributed by atoms with Gasteiger partial charge in [0.05, 0.1) is 13.2 Å². The van der Waals surface area contributed by atoms with E-state index < -0.39 is 0 Å². The summed E-state index contributed by atoms with van der Waals surface area (Å²) in [5, 5.41) is 5.77. The van der Waals surface area contributed by atoms with Gasteiger partial charge in [-0.1, -0.05) is 18.2 Å². The van der Waals surface area contributed by atoms with Crippen LogP contribution in [0.1, 0.15) is 0 Å². The molecule has 1 aliphatic heterocycles. The van der Waals surface area contributed by atoms with Crippen molar-refractivity contribution in [3.8, 4) is 11.3 Å². The van der Waals surface area contributed by atoms with E-state index in [2.05, 4.69) is 25.5 Å². The van der Waals surface area contributed by atoms with Gasteiger partial charge in [-0.25, -0.2) is 9.78 Å². The zero-order chi connectivity index (χ0) is 20.8. The average molecular weight is 422 g/mol. The lowest BCUT2D eigenvalue weighted by Crippen LogP contribution is -2.37. The van der Waals surface area contributed by atoms with E-state index in [1.54, 1.807) is 24.2 Å². The fraction of sp³-hybridized carbons (Fsp3) is 0.227. The highest BCUT2D eigenvalue weighted by Gasteiger charge is 2.18. The Morgan fingerprint density at radius 3 is 2.47 bits per heavy atom. The first-order valence-corrected chi connectivity index (χ1v) is 10.9. The Morgan fingerprint density at radius 1 is 1.00 bits per heavy atom. The third kappa shape index (κ3) is 4.90. The number of carbonyl (C=O) groups excluding carboxylic acids is 1. The van der Waals surface area contributed by atoms with Crippen LogP contribution < -0.4 is 15.5 Å². The number of benzene rings is 2. The molecule has 0 spiro atoms. The number of nitrogens with zero attached hydrogens (tertiary/aromatic N) is 3. The maximum absolute atomic E-state index is 12.5. The van der Waals surface area contributed by atoms with E-state index in [0.717, 1.165) is 40.7 Å². The van der Waals surface area contributed by atoms with Crippen LogP contribution in [0.5, 0.6) is 0 Å². The number of hydrogen-bond acceptors (Lipinski definition) is 6. The molecule has 2 aromatic carbocycles. The van der Waals surface area contributed by atoms with Crippen molar-refractivity contribution in [3.05, 3.63) is 60.9 Å². The molecule has 0 aliphatic carbocycles. The summed E-state index contributed by atoms with van der Waals surface area (Å²) in [5.41, 5.74) is 3.12. The molecule has 2 amide bonds. The predicted molar refractivity (Wildman–Crippen MR) is 121 cm³/mol. The summed E-state index contributed by atoms with van der Waals surface area (Å²) < 4.78 is 5.45. The van der Waals surface area contributed by atoms with E-state index >= 15 is 0 Å². The smallest absolute Gasteiger partial charge is 0.323 e. The van der Waals surface area contributed by atoms with Crippen LogP contribution in [0.4, 0.5) is 22.0 Å². The van der Waals surface area contributed by atoms with Gasteiger partial charge in [-0.2, -0.15) is 0 Å². The van der Waals surface area contributed by atoms with Crippen LogP contribution >= 0.6 is 11.8 Å². The van der Waals surface area contributed by atoms with Crippen molar-refractivity contribution in [1.29, 1.82) is 0 Å². The van der Waals surface area contributed by atoms with E-state index in [9.17, 15) is 4.79 Å². The normalized spacial score (nSPS) is 13.7. The fourth-order valence-corrected chi connectivity index (χ4v) is 3.74. The summed E-state index contributed by atoms with van der Waals surface area (Å²) >= 11 is 1.63. The minimum absolute atomic E-state index is 0.294. The largest absolute Gasteiger partial charge is 0.378 e. The molecule has 2 N–H and O–H groups in total. The standard InChI is InChI=1S/C22H23N5O2S/c1-30-19-7-3-6-18(15-19)26-22(28)25-17-5-2-4-16(14-17)20-21(24-9-8-23-20)27-10-12-29-13-11-27/h2-9,14-15H,10-13H2,1H3,(H2,25,26,28). The first kappa shape index (κ1) is 20.2. The molecule has 4 rings (SSSR count). The van der Waals surface area contributed by atoms with Crippen LogP contribution in [0.25, 0.3) is 11.3 Å². The summed E-state index contributed by atoms with van der Waals surface area (Å²) in [6, 6.07) is 15.1. The minimum Gasteiger partial charge on any atom is -0.378 e. The van der Waals surface area contributed by atoms with Gasteiger partial charge in [0.1, 0.15) is 5.69 Å². The van der Waals surface area contributed by atoms with Gasteiger partial charge in [0.2, 0.25) is 0 Å². The maximum Gasteiger partial charge on any atom is 0.323 e. The molecule has 0 unspecified atom stereocenters. The van der Waals surface area contributed by atoms with E-state index in [4.69, 9.17) is 4.74 Å². The SMILES string of the molecule is CSc1cccc(NC(=O)Nc2cccc(-c3nccnc3N3CCOCC3)c2)c1. The molecule has 0 saturated carbocycles. The first-order valence-electron chi connectivity index (χ1n) is 9.69. The summed E-state index contributed by atoms with van der Waals surface area (Å²) in [6.07, 6.45) is 5.39. The molecule has 3 aromatic rings.